The van der Waals surface area contributed by atoms with E-state index in [-0.39, 0.29) is 17.2 Å². The van der Waals surface area contributed by atoms with E-state index in [9.17, 15) is 9.59 Å². The van der Waals surface area contributed by atoms with E-state index in [2.05, 4.69) is 5.32 Å². The van der Waals surface area contributed by atoms with Crippen LogP contribution < -0.4 is 5.32 Å². The number of para-hydroxylation sites is 1. The number of aryl methyl sites for hydroxylation is 1. The van der Waals surface area contributed by atoms with Crippen molar-refractivity contribution in [3.05, 3.63) is 89.4 Å². The Bertz CT molecular complexity index is 983. The van der Waals surface area contributed by atoms with Crippen molar-refractivity contribution in [2.24, 2.45) is 0 Å². The lowest BCUT2D eigenvalue weighted by atomic mass is 10.1. The highest BCUT2D eigenvalue weighted by Crippen LogP contribution is 2.39. The minimum absolute atomic E-state index is 0.0777. The van der Waals surface area contributed by atoms with Crippen LogP contribution in [0, 0.1) is 6.92 Å². The van der Waals surface area contributed by atoms with Gasteiger partial charge in [0.15, 0.2) is 0 Å². The average Bonchev–Trinajstić information content (AvgIpc) is 3.35. The molecule has 1 aliphatic rings. The molecule has 1 aliphatic heterocycles. The van der Waals surface area contributed by atoms with Crippen LogP contribution in [0.1, 0.15) is 32.6 Å². The van der Waals surface area contributed by atoms with Crippen molar-refractivity contribution >= 4 is 29.3 Å². The van der Waals surface area contributed by atoms with Crippen LogP contribution in [0.5, 0.6) is 0 Å². The summed E-state index contributed by atoms with van der Waals surface area (Å²) >= 11 is 1.59. The zero-order valence-electron chi connectivity index (χ0n) is 15.4. The lowest BCUT2D eigenvalue weighted by Gasteiger charge is -2.23. The van der Waals surface area contributed by atoms with Gasteiger partial charge in [0.05, 0.1) is 18.6 Å². The lowest BCUT2D eigenvalue weighted by Crippen LogP contribution is -2.27. The van der Waals surface area contributed by atoms with E-state index < -0.39 is 0 Å². The normalized spacial score (nSPS) is 16.4. The summed E-state index contributed by atoms with van der Waals surface area (Å²) in [5.74, 6) is 1.15. The molecule has 2 heterocycles. The maximum absolute atomic E-state index is 12.5. The molecule has 1 saturated heterocycles. The summed E-state index contributed by atoms with van der Waals surface area (Å²) < 4.78 is 5.39. The number of rotatable bonds is 5. The second-order valence-electron chi connectivity index (χ2n) is 6.66. The third-order valence-electron chi connectivity index (χ3n) is 4.73. The van der Waals surface area contributed by atoms with Crippen molar-refractivity contribution in [1.82, 2.24) is 4.90 Å². The van der Waals surface area contributed by atoms with Crippen LogP contribution in [-0.4, -0.2) is 22.5 Å². The molecule has 28 heavy (non-hydrogen) atoms. The maximum atomic E-state index is 12.5. The van der Waals surface area contributed by atoms with E-state index >= 15 is 0 Å². The number of carbonyl (C=O) groups is 2. The molecule has 2 amide bonds. The topological polar surface area (TPSA) is 62.6 Å². The van der Waals surface area contributed by atoms with Crippen molar-refractivity contribution in [2.45, 2.75) is 18.8 Å². The van der Waals surface area contributed by atoms with Gasteiger partial charge < -0.3 is 14.6 Å². The largest absolute Gasteiger partial charge is 0.467 e. The van der Waals surface area contributed by atoms with Gasteiger partial charge in [-0.2, -0.15) is 0 Å². The Morgan fingerprint density at radius 3 is 2.64 bits per heavy atom. The number of benzene rings is 2. The van der Waals surface area contributed by atoms with Crippen LogP contribution in [0.2, 0.25) is 0 Å². The monoisotopic (exact) mass is 392 g/mol. The first-order chi connectivity index (χ1) is 13.6. The van der Waals surface area contributed by atoms with Crippen molar-refractivity contribution in [2.75, 3.05) is 11.1 Å². The first-order valence-corrected chi connectivity index (χ1v) is 10.1. The number of thioether (sulfide) groups is 1. The fourth-order valence-corrected chi connectivity index (χ4v) is 4.37. The molecule has 0 aliphatic carbocycles. The Balaban J connectivity index is 1.48. The lowest BCUT2D eigenvalue weighted by molar-refractivity contribution is -0.128. The van der Waals surface area contributed by atoms with Gasteiger partial charge in [-0.05, 0) is 48.4 Å². The summed E-state index contributed by atoms with van der Waals surface area (Å²) in [6, 6.07) is 18.8. The Labute approximate surface area is 167 Å². The zero-order chi connectivity index (χ0) is 19.5. The predicted molar refractivity (Wildman–Crippen MR) is 110 cm³/mol. The molecule has 0 radical (unpaired) electrons. The highest BCUT2D eigenvalue weighted by Gasteiger charge is 2.33. The summed E-state index contributed by atoms with van der Waals surface area (Å²) in [5.41, 5.74) is 3.40. The predicted octanol–water partition coefficient (Wildman–Crippen LogP) is 4.61. The smallest absolute Gasteiger partial charge is 0.255 e. The fourth-order valence-electron chi connectivity index (χ4n) is 3.18. The van der Waals surface area contributed by atoms with Gasteiger partial charge in [0.25, 0.3) is 5.91 Å². The minimum atomic E-state index is -0.150. The number of hydrogen-bond acceptors (Lipinski definition) is 4. The maximum Gasteiger partial charge on any atom is 0.255 e. The average molecular weight is 392 g/mol. The molecule has 6 heteroatoms. The molecule has 5 nitrogen and oxygen atoms in total. The van der Waals surface area contributed by atoms with Gasteiger partial charge in [-0.3, -0.25) is 9.59 Å². The molecule has 1 N–H and O–H groups in total. The first-order valence-electron chi connectivity index (χ1n) is 9.02. The molecule has 1 fully saturated rings. The van der Waals surface area contributed by atoms with Crippen molar-refractivity contribution in [1.29, 1.82) is 0 Å². The van der Waals surface area contributed by atoms with Gasteiger partial charge >= 0.3 is 0 Å². The van der Waals surface area contributed by atoms with E-state index in [1.165, 1.54) is 0 Å². The molecule has 3 aromatic rings. The number of furan rings is 1. The molecule has 4 rings (SSSR count). The molecule has 142 valence electrons. The van der Waals surface area contributed by atoms with Crippen molar-refractivity contribution < 1.29 is 14.0 Å². The summed E-state index contributed by atoms with van der Waals surface area (Å²) in [5, 5.41) is 2.86. The van der Waals surface area contributed by atoms with Crippen LogP contribution in [0.15, 0.2) is 71.3 Å². The molecular weight excluding hydrogens is 372 g/mol. The molecule has 0 bridgehead atoms. The van der Waals surface area contributed by atoms with Crippen LogP contribution in [0.25, 0.3) is 0 Å². The third-order valence-corrected chi connectivity index (χ3v) is 5.98. The van der Waals surface area contributed by atoms with E-state index in [0.29, 0.717) is 17.9 Å². The summed E-state index contributed by atoms with van der Waals surface area (Å²) in [6.07, 6.45) is 1.61. The minimum Gasteiger partial charge on any atom is -0.467 e. The van der Waals surface area contributed by atoms with Gasteiger partial charge in [-0.15, -0.1) is 11.8 Å². The van der Waals surface area contributed by atoms with Gasteiger partial charge in [0.1, 0.15) is 11.1 Å². The van der Waals surface area contributed by atoms with Gasteiger partial charge in [-0.25, -0.2) is 0 Å². The number of carbonyl (C=O) groups excluding carboxylic acids is 2. The Kier molecular flexibility index (Phi) is 5.21. The Hall–Kier alpha value is -2.99. The zero-order valence-corrected chi connectivity index (χ0v) is 16.2. The number of anilines is 1. The van der Waals surface area contributed by atoms with Crippen molar-refractivity contribution in [3.63, 3.8) is 0 Å². The second-order valence-corrected chi connectivity index (χ2v) is 7.72. The molecule has 1 aromatic heterocycles. The summed E-state index contributed by atoms with van der Waals surface area (Å²) in [6.45, 7) is 2.40. The molecule has 0 unspecified atom stereocenters. The third kappa shape index (κ3) is 3.82. The summed E-state index contributed by atoms with van der Waals surface area (Å²) in [4.78, 5) is 26.6. The Morgan fingerprint density at radius 2 is 1.93 bits per heavy atom. The van der Waals surface area contributed by atoms with Crippen LogP contribution >= 0.6 is 11.8 Å². The molecular formula is C22H20N2O3S. The quantitative estimate of drug-likeness (QED) is 0.688. The van der Waals surface area contributed by atoms with E-state index in [1.54, 1.807) is 30.2 Å². The number of hydrogen-bond donors (Lipinski definition) is 1. The van der Waals surface area contributed by atoms with Crippen molar-refractivity contribution in [3.8, 4) is 0 Å². The molecule has 0 saturated carbocycles. The number of amides is 2. The number of nitrogens with one attached hydrogen (secondary N) is 1. The second kappa shape index (κ2) is 7.94. The van der Waals surface area contributed by atoms with Gasteiger partial charge in [0.2, 0.25) is 5.91 Å². The molecule has 0 spiro atoms. The van der Waals surface area contributed by atoms with Gasteiger partial charge in [-0.1, -0.05) is 30.3 Å². The number of nitrogens with zero attached hydrogens (tertiary/aromatic N) is 1. The van der Waals surface area contributed by atoms with E-state index in [1.807, 2.05) is 60.4 Å². The summed E-state index contributed by atoms with van der Waals surface area (Å²) in [7, 11) is 0. The van der Waals surface area contributed by atoms with Crippen LogP contribution in [0.4, 0.5) is 5.69 Å². The standard InChI is InChI=1S/C22H20N2O3S/c1-15-5-2-3-7-19(15)23-21(26)16-8-10-17(11-9-16)22-24(20(25)14-28-22)13-18-6-4-12-27-18/h2-12,22H,13-14H2,1H3,(H,23,26)/t22-/m1/s1. The highest BCUT2D eigenvalue weighted by molar-refractivity contribution is 8.00. The molecule has 1 atom stereocenters. The van der Waals surface area contributed by atoms with E-state index in [0.717, 1.165) is 22.6 Å². The van der Waals surface area contributed by atoms with Crippen LogP contribution in [-0.2, 0) is 11.3 Å². The van der Waals surface area contributed by atoms with Crippen LogP contribution in [0.3, 0.4) is 0 Å². The SMILES string of the molecule is Cc1ccccc1NC(=O)c1ccc([C@H]2SCC(=O)N2Cc2ccco2)cc1. The molecule has 2 aromatic carbocycles. The van der Waals surface area contributed by atoms with Gasteiger partial charge in [0, 0.05) is 11.3 Å². The van der Waals surface area contributed by atoms with E-state index in [4.69, 9.17) is 4.42 Å². The highest BCUT2D eigenvalue weighted by atomic mass is 32.2. The Morgan fingerprint density at radius 1 is 1.14 bits per heavy atom. The first kappa shape index (κ1) is 18.4. The fraction of sp³-hybridized carbons (Fsp3) is 0.182.